The minimum absolute atomic E-state index is 0.0300. The van der Waals surface area contributed by atoms with Crippen molar-refractivity contribution in [3.8, 4) is 5.75 Å². The number of nitrogens with zero attached hydrogens (tertiary/aromatic N) is 1. The fourth-order valence-corrected chi connectivity index (χ4v) is 6.71. The first-order chi connectivity index (χ1) is 19.1. The summed E-state index contributed by atoms with van der Waals surface area (Å²) in [5, 5.41) is 25.9. The van der Waals surface area contributed by atoms with Gasteiger partial charge in [0.15, 0.2) is 0 Å². The molecule has 1 aliphatic carbocycles. The molecule has 0 saturated heterocycles. The summed E-state index contributed by atoms with van der Waals surface area (Å²) in [6.45, 7) is 3.51. The average Bonchev–Trinajstić information content (AvgIpc) is 2.91. The Morgan fingerprint density at radius 3 is 2.67 bits per heavy atom. The number of anilines is 1. The third-order valence-electron chi connectivity index (χ3n) is 8.24. The Kier molecular flexibility index (Phi) is 10.2. The summed E-state index contributed by atoms with van der Waals surface area (Å²) in [5.41, 5.74) is 3.16. The lowest BCUT2D eigenvalue weighted by Gasteiger charge is -2.42. The van der Waals surface area contributed by atoms with Crippen molar-refractivity contribution in [3.63, 3.8) is 0 Å². The number of aromatic carboxylic acids is 1. The molecule has 0 amide bonds. The second kappa shape index (κ2) is 13.4. The maximum Gasteiger partial charge on any atom is 0.335 e. The molecule has 1 aliphatic heterocycles. The van der Waals surface area contributed by atoms with E-state index in [1.807, 2.05) is 18.2 Å². The van der Waals surface area contributed by atoms with Crippen LogP contribution in [-0.2, 0) is 23.1 Å². The Morgan fingerprint density at radius 2 is 2.00 bits per heavy atom. The number of primary sulfonamides is 1. The van der Waals surface area contributed by atoms with Crippen LogP contribution in [-0.4, -0.2) is 49.0 Å². The van der Waals surface area contributed by atoms with Gasteiger partial charge in [-0.15, -0.1) is 0 Å². The van der Waals surface area contributed by atoms with Crippen molar-refractivity contribution >= 4 is 33.3 Å². The number of carbonyl (C=O) groups is 1. The number of hydrogen-bond donors (Lipinski definition) is 3. The number of benzene rings is 2. The largest absolute Gasteiger partial charge is 0.487 e. The number of hydrogen-bond acceptors (Lipinski definition) is 6. The van der Waals surface area contributed by atoms with E-state index in [2.05, 4.69) is 4.90 Å². The highest BCUT2D eigenvalue weighted by Crippen LogP contribution is 2.40. The lowest BCUT2D eigenvalue weighted by molar-refractivity contribution is 0.0461. The minimum Gasteiger partial charge on any atom is -0.487 e. The van der Waals surface area contributed by atoms with Crippen LogP contribution in [0.4, 0.5) is 5.69 Å². The van der Waals surface area contributed by atoms with E-state index in [1.54, 1.807) is 37.3 Å². The zero-order chi connectivity index (χ0) is 28.9. The van der Waals surface area contributed by atoms with Gasteiger partial charge in [0.05, 0.1) is 22.6 Å². The van der Waals surface area contributed by atoms with Crippen LogP contribution >= 0.6 is 11.6 Å². The lowest BCUT2D eigenvalue weighted by atomic mass is 9.70. The summed E-state index contributed by atoms with van der Waals surface area (Å²) in [7, 11) is -3.63. The zero-order valence-corrected chi connectivity index (χ0v) is 24.4. The molecule has 2 aliphatic rings. The molecule has 2 aromatic rings. The first-order valence-electron chi connectivity index (χ1n) is 14.0. The smallest absolute Gasteiger partial charge is 0.335 e. The van der Waals surface area contributed by atoms with Crippen molar-refractivity contribution in [2.75, 3.05) is 18.0 Å². The summed E-state index contributed by atoms with van der Waals surface area (Å²) in [5.74, 6) is -0.147. The van der Waals surface area contributed by atoms with Gasteiger partial charge in [0, 0.05) is 18.1 Å². The SMILES string of the molecule is CC[C@H](C/C=C/[C@H](O)[C@@H]1CC[C@H]1CN1CCCCc2cc(Cl)ccc2COc2ccc(C(=O)O)cc21)S(N)(=O)=O. The van der Waals surface area contributed by atoms with Gasteiger partial charge in [-0.1, -0.05) is 36.7 Å². The highest BCUT2D eigenvalue weighted by molar-refractivity contribution is 7.89. The molecule has 1 saturated carbocycles. The van der Waals surface area contributed by atoms with Gasteiger partial charge in [0.1, 0.15) is 12.4 Å². The normalized spacial score (nSPS) is 21.4. The molecule has 0 radical (unpaired) electrons. The zero-order valence-electron chi connectivity index (χ0n) is 22.8. The Balaban J connectivity index is 1.52. The summed E-state index contributed by atoms with van der Waals surface area (Å²) in [6.07, 6.45) is 7.93. The third-order valence-corrected chi connectivity index (χ3v) is 9.93. The number of aliphatic hydroxyl groups excluding tert-OH is 1. The number of nitrogens with two attached hydrogens (primary N) is 1. The number of aliphatic hydroxyl groups is 1. The van der Waals surface area contributed by atoms with Gasteiger partial charge in [0.25, 0.3) is 0 Å². The van der Waals surface area contributed by atoms with Crippen molar-refractivity contribution < 1.29 is 28.2 Å². The van der Waals surface area contributed by atoms with Gasteiger partial charge in [-0.2, -0.15) is 0 Å². The second-order valence-corrected chi connectivity index (χ2v) is 13.1. The Bertz CT molecular complexity index is 1330. The number of halogens is 1. The molecule has 4 atom stereocenters. The van der Waals surface area contributed by atoms with E-state index in [-0.39, 0.29) is 23.8 Å². The molecular formula is C30H39ClN2O6S. The number of carboxylic acid groups (broad SMARTS) is 1. The van der Waals surface area contributed by atoms with Gasteiger partial charge in [-0.25, -0.2) is 18.4 Å². The van der Waals surface area contributed by atoms with Crippen LogP contribution in [0.15, 0.2) is 48.6 Å². The first kappa shape index (κ1) is 30.4. The van der Waals surface area contributed by atoms with E-state index >= 15 is 0 Å². The average molecular weight is 591 g/mol. The molecule has 218 valence electrons. The van der Waals surface area contributed by atoms with E-state index in [4.69, 9.17) is 21.5 Å². The first-order valence-corrected chi connectivity index (χ1v) is 15.9. The van der Waals surface area contributed by atoms with Crippen molar-refractivity contribution in [2.45, 2.75) is 69.8 Å². The van der Waals surface area contributed by atoms with E-state index in [9.17, 15) is 23.4 Å². The second-order valence-electron chi connectivity index (χ2n) is 10.9. The molecule has 40 heavy (non-hydrogen) atoms. The predicted molar refractivity (Wildman–Crippen MR) is 158 cm³/mol. The molecule has 0 unspecified atom stereocenters. The van der Waals surface area contributed by atoms with Crippen LogP contribution in [0.3, 0.4) is 0 Å². The molecule has 2 aromatic carbocycles. The molecule has 1 heterocycles. The van der Waals surface area contributed by atoms with Crippen LogP contribution in [0, 0.1) is 11.8 Å². The molecule has 0 aromatic heterocycles. The summed E-state index contributed by atoms with van der Waals surface area (Å²) in [4.78, 5) is 14.0. The highest BCUT2D eigenvalue weighted by atomic mass is 35.5. The lowest BCUT2D eigenvalue weighted by Crippen LogP contribution is -2.43. The maximum atomic E-state index is 11.8. The van der Waals surface area contributed by atoms with E-state index in [0.29, 0.717) is 30.3 Å². The van der Waals surface area contributed by atoms with Gasteiger partial charge in [-0.3, -0.25) is 0 Å². The summed E-state index contributed by atoms with van der Waals surface area (Å²) < 4.78 is 29.7. The molecule has 8 nitrogen and oxygen atoms in total. The fraction of sp³-hybridized carbons (Fsp3) is 0.500. The number of allylic oxidation sites excluding steroid dienone is 1. The number of sulfonamides is 1. The van der Waals surface area contributed by atoms with Crippen LogP contribution < -0.4 is 14.8 Å². The van der Waals surface area contributed by atoms with Crippen molar-refractivity contribution in [1.82, 2.24) is 0 Å². The molecule has 0 bridgehead atoms. The molecule has 4 N–H and O–H groups in total. The highest BCUT2D eigenvalue weighted by Gasteiger charge is 2.37. The van der Waals surface area contributed by atoms with Gasteiger partial charge in [-0.05, 0) is 98.2 Å². The molecule has 1 fully saturated rings. The number of carboxylic acids is 1. The van der Waals surface area contributed by atoms with Crippen molar-refractivity contribution in [3.05, 3.63) is 70.3 Å². The third kappa shape index (κ3) is 7.57. The van der Waals surface area contributed by atoms with Gasteiger partial charge < -0.3 is 19.8 Å². The standard InChI is InChI=1S/C30H39ClN2O6S/c1-2-25(40(32,37)38)7-5-8-28(34)26-13-10-22(26)18-33-15-4-3-6-20-16-24(31)12-9-23(20)19-39-29-14-11-21(30(35)36)17-27(29)33/h5,8-9,11-12,14,16-17,22,25-26,28,34H,2-4,6-7,10,13,15,18-19H2,1H3,(H,35,36)(H2,32,37,38)/b8-5+/t22-,25+,26+,28-/m0/s1. The molecule has 4 rings (SSSR count). The van der Waals surface area contributed by atoms with Crippen molar-refractivity contribution in [1.29, 1.82) is 0 Å². The van der Waals surface area contributed by atoms with E-state index in [0.717, 1.165) is 55.5 Å². The Morgan fingerprint density at radius 1 is 1.20 bits per heavy atom. The summed E-state index contributed by atoms with van der Waals surface area (Å²) in [6, 6.07) is 10.8. The maximum absolute atomic E-state index is 11.8. The Hall–Kier alpha value is -2.59. The quantitative estimate of drug-likeness (QED) is 0.344. The number of ether oxygens (including phenoxy) is 1. The van der Waals surface area contributed by atoms with Crippen molar-refractivity contribution in [2.24, 2.45) is 17.0 Å². The number of rotatable bonds is 9. The predicted octanol–water partition coefficient (Wildman–Crippen LogP) is 5.16. The molecular weight excluding hydrogens is 552 g/mol. The fourth-order valence-electron chi connectivity index (χ4n) is 5.67. The van der Waals surface area contributed by atoms with E-state index < -0.39 is 27.3 Å². The van der Waals surface area contributed by atoms with Gasteiger partial charge >= 0.3 is 5.97 Å². The molecule has 10 heteroatoms. The van der Waals surface area contributed by atoms with Crippen LogP contribution in [0.2, 0.25) is 5.02 Å². The molecule has 0 spiro atoms. The van der Waals surface area contributed by atoms with E-state index in [1.165, 1.54) is 0 Å². The monoisotopic (exact) mass is 590 g/mol. The Labute approximate surface area is 241 Å². The van der Waals surface area contributed by atoms with Crippen LogP contribution in [0.1, 0.15) is 66.9 Å². The van der Waals surface area contributed by atoms with Crippen LogP contribution in [0.25, 0.3) is 0 Å². The summed E-state index contributed by atoms with van der Waals surface area (Å²) >= 11 is 6.26. The van der Waals surface area contributed by atoms with Gasteiger partial charge in [0.2, 0.25) is 10.0 Å². The number of aryl methyl sites for hydroxylation is 1. The number of fused-ring (bicyclic) bond motifs is 2. The topological polar surface area (TPSA) is 130 Å². The minimum atomic E-state index is -3.63. The van der Waals surface area contributed by atoms with Crippen LogP contribution in [0.5, 0.6) is 5.75 Å².